The monoisotopic (exact) mass is 244 g/mol. The highest BCUT2D eigenvalue weighted by Crippen LogP contribution is 2.13. The number of nitrogens with one attached hydrogen (secondary N) is 1. The molecule has 0 aliphatic heterocycles. The van der Waals surface area contributed by atoms with Gasteiger partial charge in [-0.15, -0.1) is 0 Å². The van der Waals surface area contributed by atoms with Crippen LogP contribution >= 0.6 is 0 Å². The van der Waals surface area contributed by atoms with Gasteiger partial charge in [-0.3, -0.25) is 0 Å². The molecule has 18 heavy (non-hydrogen) atoms. The third-order valence-electron chi connectivity index (χ3n) is 2.82. The molecule has 0 aliphatic carbocycles. The fourth-order valence-electron chi connectivity index (χ4n) is 1.74. The van der Waals surface area contributed by atoms with Crippen LogP contribution in [0.15, 0.2) is 30.6 Å². The van der Waals surface area contributed by atoms with Crippen LogP contribution in [-0.2, 0) is 6.54 Å². The summed E-state index contributed by atoms with van der Waals surface area (Å²) < 4.78 is 1.84. The van der Waals surface area contributed by atoms with Crippen LogP contribution in [0.1, 0.15) is 37.9 Å². The SMILES string of the molecule is CCNCc1ccnc(-n2ccc(C(C)C)n2)c1. The van der Waals surface area contributed by atoms with E-state index in [1.807, 2.05) is 29.2 Å². The second-order valence-corrected chi connectivity index (χ2v) is 4.64. The van der Waals surface area contributed by atoms with Gasteiger partial charge in [0, 0.05) is 18.9 Å². The summed E-state index contributed by atoms with van der Waals surface area (Å²) >= 11 is 0. The maximum absolute atomic E-state index is 4.54. The van der Waals surface area contributed by atoms with Crippen molar-refractivity contribution in [3.05, 3.63) is 41.9 Å². The first kappa shape index (κ1) is 12.8. The van der Waals surface area contributed by atoms with Crippen molar-refractivity contribution >= 4 is 0 Å². The maximum atomic E-state index is 4.54. The van der Waals surface area contributed by atoms with E-state index in [1.165, 1.54) is 5.56 Å². The molecular weight excluding hydrogens is 224 g/mol. The van der Waals surface area contributed by atoms with Crippen molar-refractivity contribution in [3.8, 4) is 5.82 Å². The summed E-state index contributed by atoms with van der Waals surface area (Å²) in [6, 6.07) is 6.14. The van der Waals surface area contributed by atoms with Crippen LogP contribution in [0.25, 0.3) is 5.82 Å². The van der Waals surface area contributed by atoms with Crippen molar-refractivity contribution in [1.29, 1.82) is 0 Å². The lowest BCUT2D eigenvalue weighted by Crippen LogP contribution is -2.12. The van der Waals surface area contributed by atoms with Gasteiger partial charge in [0.15, 0.2) is 5.82 Å². The van der Waals surface area contributed by atoms with E-state index in [0.29, 0.717) is 5.92 Å². The fourth-order valence-corrected chi connectivity index (χ4v) is 1.74. The maximum Gasteiger partial charge on any atom is 0.153 e. The molecule has 4 nitrogen and oxygen atoms in total. The predicted octanol–water partition coefficient (Wildman–Crippen LogP) is 2.50. The molecule has 0 amide bonds. The number of nitrogens with zero attached hydrogens (tertiary/aromatic N) is 3. The van der Waals surface area contributed by atoms with E-state index in [-0.39, 0.29) is 0 Å². The first-order valence-corrected chi connectivity index (χ1v) is 6.42. The molecule has 0 atom stereocenters. The molecule has 0 fully saturated rings. The summed E-state index contributed by atoms with van der Waals surface area (Å²) in [5, 5.41) is 7.84. The van der Waals surface area contributed by atoms with Gasteiger partial charge in [0.1, 0.15) is 0 Å². The number of rotatable bonds is 5. The molecule has 2 rings (SSSR count). The Kier molecular flexibility index (Phi) is 4.10. The summed E-state index contributed by atoms with van der Waals surface area (Å²) in [4.78, 5) is 4.36. The standard InChI is InChI=1S/C14H20N4/c1-4-15-10-12-5-7-16-14(9-12)18-8-6-13(17-18)11(2)3/h5-9,11,15H,4,10H2,1-3H3. The zero-order chi connectivity index (χ0) is 13.0. The highest BCUT2D eigenvalue weighted by atomic mass is 15.3. The normalized spacial score (nSPS) is 11.1. The molecule has 96 valence electrons. The van der Waals surface area contributed by atoms with E-state index in [2.05, 4.69) is 42.2 Å². The van der Waals surface area contributed by atoms with E-state index in [0.717, 1.165) is 24.6 Å². The highest BCUT2D eigenvalue weighted by molar-refractivity contribution is 5.27. The largest absolute Gasteiger partial charge is 0.313 e. The Morgan fingerprint density at radius 3 is 2.83 bits per heavy atom. The second-order valence-electron chi connectivity index (χ2n) is 4.64. The van der Waals surface area contributed by atoms with Crippen LogP contribution in [0.2, 0.25) is 0 Å². The Labute approximate surface area is 108 Å². The molecule has 0 saturated carbocycles. The van der Waals surface area contributed by atoms with Crippen molar-refractivity contribution in [2.45, 2.75) is 33.2 Å². The summed E-state index contributed by atoms with van der Waals surface area (Å²) in [7, 11) is 0. The van der Waals surface area contributed by atoms with Gasteiger partial charge in [-0.2, -0.15) is 5.10 Å². The lowest BCUT2D eigenvalue weighted by molar-refractivity contribution is 0.720. The lowest BCUT2D eigenvalue weighted by Gasteiger charge is -2.05. The van der Waals surface area contributed by atoms with Crippen LogP contribution in [0.5, 0.6) is 0 Å². The van der Waals surface area contributed by atoms with Gasteiger partial charge in [-0.1, -0.05) is 20.8 Å². The number of hydrogen-bond acceptors (Lipinski definition) is 3. The third kappa shape index (κ3) is 2.96. The molecule has 0 radical (unpaired) electrons. The van der Waals surface area contributed by atoms with Gasteiger partial charge >= 0.3 is 0 Å². The molecule has 0 unspecified atom stereocenters. The minimum atomic E-state index is 0.441. The van der Waals surface area contributed by atoms with Crippen molar-refractivity contribution in [2.75, 3.05) is 6.54 Å². The van der Waals surface area contributed by atoms with E-state index in [9.17, 15) is 0 Å². The summed E-state index contributed by atoms with van der Waals surface area (Å²) in [6.45, 7) is 8.22. The average molecular weight is 244 g/mol. The van der Waals surface area contributed by atoms with Crippen molar-refractivity contribution in [2.24, 2.45) is 0 Å². The molecule has 4 heteroatoms. The molecule has 0 saturated heterocycles. The van der Waals surface area contributed by atoms with Gasteiger partial charge < -0.3 is 5.32 Å². The molecule has 2 aromatic heterocycles. The van der Waals surface area contributed by atoms with Crippen LogP contribution in [0.4, 0.5) is 0 Å². The second kappa shape index (κ2) is 5.78. The molecule has 1 N–H and O–H groups in total. The minimum Gasteiger partial charge on any atom is -0.313 e. The highest BCUT2D eigenvalue weighted by Gasteiger charge is 2.05. The van der Waals surface area contributed by atoms with Gasteiger partial charge in [-0.05, 0) is 36.2 Å². The van der Waals surface area contributed by atoms with E-state index in [4.69, 9.17) is 0 Å². The van der Waals surface area contributed by atoms with Crippen LogP contribution in [0, 0.1) is 0 Å². The smallest absolute Gasteiger partial charge is 0.153 e. The first-order chi connectivity index (χ1) is 8.70. The van der Waals surface area contributed by atoms with Gasteiger partial charge in [0.2, 0.25) is 0 Å². The molecular formula is C14H20N4. The lowest BCUT2D eigenvalue weighted by atomic mass is 10.1. The average Bonchev–Trinajstić information content (AvgIpc) is 2.86. The minimum absolute atomic E-state index is 0.441. The number of hydrogen-bond donors (Lipinski definition) is 1. The molecule has 0 bridgehead atoms. The molecule has 2 heterocycles. The third-order valence-corrected chi connectivity index (χ3v) is 2.82. The zero-order valence-corrected chi connectivity index (χ0v) is 11.2. The van der Waals surface area contributed by atoms with Gasteiger partial charge in [0.25, 0.3) is 0 Å². The van der Waals surface area contributed by atoms with E-state index in [1.54, 1.807) is 0 Å². The Morgan fingerprint density at radius 1 is 1.33 bits per heavy atom. The predicted molar refractivity (Wildman–Crippen MR) is 72.8 cm³/mol. The molecule has 0 aromatic carbocycles. The Balaban J connectivity index is 2.21. The Bertz CT molecular complexity index is 502. The van der Waals surface area contributed by atoms with Crippen LogP contribution < -0.4 is 5.32 Å². The fraction of sp³-hybridized carbons (Fsp3) is 0.429. The molecule has 0 spiro atoms. The summed E-state index contributed by atoms with van der Waals surface area (Å²) in [5.41, 5.74) is 2.32. The quantitative estimate of drug-likeness (QED) is 0.878. The van der Waals surface area contributed by atoms with Gasteiger partial charge in [-0.25, -0.2) is 9.67 Å². The van der Waals surface area contributed by atoms with Gasteiger partial charge in [0.05, 0.1) is 5.69 Å². The summed E-state index contributed by atoms with van der Waals surface area (Å²) in [6.07, 6.45) is 3.80. The molecule has 0 aliphatic rings. The van der Waals surface area contributed by atoms with Crippen molar-refractivity contribution < 1.29 is 0 Å². The van der Waals surface area contributed by atoms with Crippen molar-refractivity contribution in [1.82, 2.24) is 20.1 Å². The van der Waals surface area contributed by atoms with Crippen LogP contribution in [0.3, 0.4) is 0 Å². The van der Waals surface area contributed by atoms with Crippen LogP contribution in [-0.4, -0.2) is 21.3 Å². The zero-order valence-electron chi connectivity index (χ0n) is 11.2. The topological polar surface area (TPSA) is 42.7 Å². The summed E-state index contributed by atoms with van der Waals surface area (Å²) in [5.74, 6) is 1.31. The number of aromatic nitrogens is 3. The Morgan fingerprint density at radius 2 is 2.17 bits per heavy atom. The first-order valence-electron chi connectivity index (χ1n) is 6.42. The van der Waals surface area contributed by atoms with Crippen molar-refractivity contribution in [3.63, 3.8) is 0 Å². The molecule has 2 aromatic rings. The number of pyridine rings is 1. The van der Waals surface area contributed by atoms with E-state index < -0.39 is 0 Å². The Hall–Kier alpha value is -1.68. The van der Waals surface area contributed by atoms with E-state index >= 15 is 0 Å².